The standard InChI is InChI=1S/C11H16FN/c1-8(12)9-5-10(7-13-6-9)11(2,3)4/h5-8H,1-4H3. The van der Waals surface area contributed by atoms with E-state index in [2.05, 4.69) is 25.8 Å². The van der Waals surface area contributed by atoms with Gasteiger partial charge in [-0.1, -0.05) is 20.8 Å². The summed E-state index contributed by atoms with van der Waals surface area (Å²) in [5, 5.41) is 0. The molecule has 1 heterocycles. The fourth-order valence-corrected chi connectivity index (χ4v) is 1.09. The van der Waals surface area contributed by atoms with Gasteiger partial charge in [0.2, 0.25) is 0 Å². The smallest absolute Gasteiger partial charge is 0.124 e. The van der Waals surface area contributed by atoms with Gasteiger partial charge in [-0.25, -0.2) is 4.39 Å². The third-order valence-corrected chi connectivity index (χ3v) is 2.08. The molecule has 1 atom stereocenters. The molecule has 0 amide bonds. The Morgan fingerprint density at radius 2 is 1.92 bits per heavy atom. The van der Waals surface area contributed by atoms with Crippen LogP contribution in [0.1, 0.15) is 45.0 Å². The predicted octanol–water partition coefficient (Wildman–Crippen LogP) is 3.41. The molecule has 0 saturated heterocycles. The Kier molecular flexibility index (Phi) is 2.69. The number of pyridine rings is 1. The van der Waals surface area contributed by atoms with Gasteiger partial charge in [-0.05, 0) is 24.0 Å². The molecule has 0 spiro atoms. The maximum absolute atomic E-state index is 13.0. The Labute approximate surface area is 79.0 Å². The van der Waals surface area contributed by atoms with Crippen molar-refractivity contribution in [2.45, 2.75) is 39.3 Å². The lowest BCUT2D eigenvalue weighted by Crippen LogP contribution is -2.11. The first-order chi connectivity index (χ1) is 5.91. The highest BCUT2D eigenvalue weighted by molar-refractivity contribution is 5.25. The van der Waals surface area contributed by atoms with E-state index in [0.717, 1.165) is 5.56 Å². The van der Waals surface area contributed by atoms with Crippen molar-refractivity contribution < 1.29 is 4.39 Å². The summed E-state index contributed by atoms with van der Waals surface area (Å²) in [6.07, 6.45) is 2.45. The van der Waals surface area contributed by atoms with Gasteiger partial charge in [0.15, 0.2) is 0 Å². The van der Waals surface area contributed by atoms with Gasteiger partial charge in [-0.3, -0.25) is 4.98 Å². The van der Waals surface area contributed by atoms with Crippen molar-refractivity contribution in [3.8, 4) is 0 Å². The van der Waals surface area contributed by atoms with E-state index in [-0.39, 0.29) is 5.41 Å². The molecule has 0 bridgehead atoms. The van der Waals surface area contributed by atoms with Gasteiger partial charge in [0.1, 0.15) is 6.17 Å². The van der Waals surface area contributed by atoms with Gasteiger partial charge in [0, 0.05) is 18.0 Å². The number of rotatable bonds is 1. The molecule has 0 radical (unpaired) electrons. The third kappa shape index (κ3) is 2.51. The zero-order valence-electron chi connectivity index (χ0n) is 8.63. The molecule has 1 rings (SSSR count). The summed E-state index contributed by atoms with van der Waals surface area (Å²) in [5.41, 5.74) is 1.78. The first-order valence-corrected chi connectivity index (χ1v) is 4.51. The van der Waals surface area contributed by atoms with Crippen molar-refractivity contribution in [1.29, 1.82) is 0 Å². The molecule has 0 N–H and O–H groups in total. The second-order valence-electron chi connectivity index (χ2n) is 4.37. The highest BCUT2D eigenvalue weighted by Crippen LogP contribution is 2.24. The molecule has 1 aromatic rings. The normalized spacial score (nSPS) is 14.2. The zero-order valence-corrected chi connectivity index (χ0v) is 8.63. The Bertz CT molecular complexity index is 286. The van der Waals surface area contributed by atoms with Crippen LogP contribution in [0.2, 0.25) is 0 Å². The summed E-state index contributed by atoms with van der Waals surface area (Å²) >= 11 is 0. The van der Waals surface area contributed by atoms with Crippen LogP contribution in [-0.2, 0) is 5.41 Å². The predicted molar refractivity (Wildman–Crippen MR) is 52.5 cm³/mol. The van der Waals surface area contributed by atoms with E-state index < -0.39 is 6.17 Å². The number of aromatic nitrogens is 1. The number of hydrogen-bond donors (Lipinski definition) is 0. The van der Waals surface area contributed by atoms with Gasteiger partial charge in [0.05, 0.1) is 0 Å². The van der Waals surface area contributed by atoms with E-state index >= 15 is 0 Å². The van der Waals surface area contributed by atoms with Crippen molar-refractivity contribution in [2.24, 2.45) is 0 Å². The highest BCUT2D eigenvalue weighted by Gasteiger charge is 2.15. The Hall–Kier alpha value is -0.920. The van der Waals surface area contributed by atoms with Crippen LogP contribution in [0, 0.1) is 0 Å². The second kappa shape index (κ2) is 3.44. The largest absolute Gasteiger partial charge is 0.264 e. The summed E-state index contributed by atoms with van der Waals surface area (Å²) in [4.78, 5) is 4.03. The molecule has 0 aromatic carbocycles. The summed E-state index contributed by atoms with van der Waals surface area (Å²) in [7, 11) is 0. The van der Waals surface area contributed by atoms with E-state index in [4.69, 9.17) is 0 Å². The summed E-state index contributed by atoms with van der Waals surface area (Å²) < 4.78 is 13.0. The van der Waals surface area contributed by atoms with Crippen LogP contribution in [0.5, 0.6) is 0 Å². The van der Waals surface area contributed by atoms with Crippen LogP contribution >= 0.6 is 0 Å². The van der Waals surface area contributed by atoms with Gasteiger partial charge in [-0.15, -0.1) is 0 Å². The van der Waals surface area contributed by atoms with Crippen molar-refractivity contribution in [3.63, 3.8) is 0 Å². The molecular formula is C11H16FN. The van der Waals surface area contributed by atoms with Gasteiger partial charge >= 0.3 is 0 Å². The molecule has 2 heteroatoms. The molecule has 0 aliphatic heterocycles. The van der Waals surface area contributed by atoms with Gasteiger partial charge in [-0.2, -0.15) is 0 Å². The molecule has 0 aliphatic rings. The number of alkyl halides is 1. The SMILES string of the molecule is CC(F)c1cncc(C(C)(C)C)c1. The first-order valence-electron chi connectivity index (χ1n) is 4.51. The van der Waals surface area contributed by atoms with E-state index in [1.807, 2.05) is 6.07 Å². The van der Waals surface area contributed by atoms with E-state index in [0.29, 0.717) is 5.56 Å². The third-order valence-electron chi connectivity index (χ3n) is 2.08. The molecular weight excluding hydrogens is 165 g/mol. The minimum Gasteiger partial charge on any atom is -0.264 e. The molecule has 1 nitrogen and oxygen atoms in total. The van der Waals surface area contributed by atoms with Crippen LogP contribution in [0.15, 0.2) is 18.5 Å². The van der Waals surface area contributed by atoms with E-state index in [9.17, 15) is 4.39 Å². The second-order valence-corrected chi connectivity index (χ2v) is 4.37. The van der Waals surface area contributed by atoms with E-state index in [1.165, 1.54) is 6.92 Å². The lowest BCUT2D eigenvalue weighted by atomic mass is 9.87. The van der Waals surface area contributed by atoms with Crippen molar-refractivity contribution in [1.82, 2.24) is 4.98 Å². The van der Waals surface area contributed by atoms with Crippen LogP contribution in [0.3, 0.4) is 0 Å². The average Bonchev–Trinajstić information content (AvgIpc) is 2.03. The minimum absolute atomic E-state index is 0.0396. The lowest BCUT2D eigenvalue weighted by Gasteiger charge is -2.19. The van der Waals surface area contributed by atoms with Crippen molar-refractivity contribution in [2.75, 3.05) is 0 Å². The highest BCUT2D eigenvalue weighted by atomic mass is 19.1. The Morgan fingerprint density at radius 1 is 1.31 bits per heavy atom. The summed E-state index contributed by atoms with van der Waals surface area (Å²) in [5.74, 6) is 0. The molecule has 0 aliphatic carbocycles. The van der Waals surface area contributed by atoms with E-state index in [1.54, 1.807) is 12.4 Å². The number of nitrogens with zero attached hydrogens (tertiary/aromatic N) is 1. The summed E-state index contributed by atoms with van der Waals surface area (Å²) in [6, 6.07) is 1.89. The Morgan fingerprint density at radius 3 is 2.38 bits per heavy atom. The molecule has 72 valence electrons. The molecule has 0 saturated carbocycles. The molecule has 1 unspecified atom stereocenters. The monoisotopic (exact) mass is 181 g/mol. The first kappa shape index (κ1) is 10.2. The van der Waals surface area contributed by atoms with Gasteiger partial charge in [0.25, 0.3) is 0 Å². The fraction of sp³-hybridized carbons (Fsp3) is 0.545. The zero-order chi connectivity index (χ0) is 10.1. The number of hydrogen-bond acceptors (Lipinski definition) is 1. The summed E-state index contributed by atoms with van der Waals surface area (Å²) in [6.45, 7) is 7.81. The van der Waals surface area contributed by atoms with Gasteiger partial charge < -0.3 is 0 Å². The maximum atomic E-state index is 13.0. The quantitative estimate of drug-likeness (QED) is 0.647. The van der Waals surface area contributed by atoms with Crippen molar-refractivity contribution in [3.05, 3.63) is 29.6 Å². The molecule has 0 fully saturated rings. The lowest BCUT2D eigenvalue weighted by molar-refractivity contribution is 0.372. The number of halogens is 1. The maximum Gasteiger partial charge on any atom is 0.124 e. The molecule has 13 heavy (non-hydrogen) atoms. The van der Waals surface area contributed by atoms with Crippen molar-refractivity contribution >= 4 is 0 Å². The van der Waals surface area contributed by atoms with Crippen LogP contribution in [0.25, 0.3) is 0 Å². The minimum atomic E-state index is -0.935. The molecule has 1 aromatic heterocycles. The van der Waals surface area contributed by atoms with Crippen LogP contribution in [-0.4, -0.2) is 4.98 Å². The average molecular weight is 181 g/mol. The van der Waals surface area contributed by atoms with Crippen LogP contribution < -0.4 is 0 Å². The Balaban J connectivity index is 3.06. The fourth-order valence-electron chi connectivity index (χ4n) is 1.09. The topological polar surface area (TPSA) is 12.9 Å². The van der Waals surface area contributed by atoms with Crippen LogP contribution in [0.4, 0.5) is 4.39 Å².